The van der Waals surface area contributed by atoms with E-state index in [-0.39, 0.29) is 5.91 Å². The van der Waals surface area contributed by atoms with Crippen LogP contribution in [0.1, 0.15) is 23.6 Å². The molecule has 0 bridgehead atoms. The monoisotopic (exact) mass is 408 g/mol. The molecule has 0 N–H and O–H groups in total. The number of fused-ring (bicyclic) bond motifs is 1. The van der Waals surface area contributed by atoms with Crippen molar-refractivity contribution in [3.63, 3.8) is 0 Å². The smallest absolute Gasteiger partial charge is 0.233 e. The van der Waals surface area contributed by atoms with Gasteiger partial charge in [-0.3, -0.25) is 9.36 Å². The second-order valence-corrected chi connectivity index (χ2v) is 7.90. The summed E-state index contributed by atoms with van der Waals surface area (Å²) in [5.41, 5.74) is 4.74. The summed E-state index contributed by atoms with van der Waals surface area (Å²) >= 11 is 1.43. The van der Waals surface area contributed by atoms with Gasteiger partial charge < -0.3 is 9.64 Å². The first-order valence-electron chi connectivity index (χ1n) is 9.74. The van der Waals surface area contributed by atoms with Crippen molar-refractivity contribution in [2.75, 3.05) is 19.4 Å². The fourth-order valence-corrected chi connectivity index (χ4v) is 4.45. The largest absolute Gasteiger partial charge is 0.497 e. The number of aryl methyl sites for hydroxylation is 1. The highest BCUT2D eigenvalue weighted by atomic mass is 32.2. The highest BCUT2D eigenvalue weighted by molar-refractivity contribution is 7.99. The first kappa shape index (κ1) is 19.5. The minimum absolute atomic E-state index is 0.113. The second-order valence-electron chi connectivity index (χ2n) is 6.95. The Morgan fingerprint density at radius 3 is 2.90 bits per heavy atom. The molecule has 0 unspecified atom stereocenters. The number of amides is 1. The molecule has 1 aliphatic heterocycles. The highest BCUT2D eigenvalue weighted by Gasteiger charge is 2.22. The molecule has 150 valence electrons. The van der Waals surface area contributed by atoms with E-state index in [0.29, 0.717) is 12.3 Å². The van der Waals surface area contributed by atoms with Crippen LogP contribution in [0, 0.1) is 0 Å². The topological polar surface area (TPSA) is 60.2 Å². The van der Waals surface area contributed by atoms with E-state index < -0.39 is 0 Å². The van der Waals surface area contributed by atoms with E-state index in [2.05, 4.69) is 35.3 Å². The maximum Gasteiger partial charge on any atom is 0.233 e. The minimum atomic E-state index is 0.113. The van der Waals surface area contributed by atoms with Crippen molar-refractivity contribution in [1.82, 2.24) is 19.7 Å². The molecule has 0 fully saturated rings. The normalized spacial score (nSPS) is 13.2. The first-order valence-corrected chi connectivity index (χ1v) is 10.7. The summed E-state index contributed by atoms with van der Waals surface area (Å²) < 4.78 is 7.29. The highest BCUT2D eigenvalue weighted by Crippen LogP contribution is 2.26. The van der Waals surface area contributed by atoms with E-state index in [0.717, 1.165) is 41.5 Å². The molecule has 3 aromatic rings. The summed E-state index contributed by atoms with van der Waals surface area (Å²) in [6.45, 7) is 3.49. The summed E-state index contributed by atoms with van der Waals surface area (Å²) in [6.07, 6.45) is 3.51. The van der Waals surface area contributed by atoms with Gasteiger partial charge >= 0.3 is 0 Å². The third-order valence-electron chi connectivity index (χ3n) is 5.25. The third-order valence-corrected chi connectivity index (χ3v) is 6.18. The van der Waals surface area contributed by atoms with Crippen molar-refractivity contribution in [2.45, 2.75) is 31.5 Å². The van der Waals surface area contributed by atoms with E-state index in [1.165, 1.54) is 22.9 Å². The molecule has 0 atom stereocenters. The Morgan fingerprint density at radius 2 is 2.07 bits per heavy atom. The Kier molecular flexibility index (Phi) is 5.85. The third kappa shape index (κ3) is 4.15. The predicted molar refractivity (Wildman–Crippen MR) is 114 cm³/mol. The van der Waals surface area contributed by atoms with Crippen LogP contribution < -0.4 is 4.74 Å². The molecule has 0 saturated carbocycles. The minimum Gasteiger partial charge on any atom is -0.497 e. The molecule has 2 aromatic carbocycles. The molecule has 0 spiro atoms. The maximum atomic E-state index is 12.8. The van der Waals surface area contributed by atoms with Crippen molar-refractivity contribution in [1.29, 1.82) is 0 Å². The number of aromatic nitrogens is 3. The van der Waals surface area contributed by atoms with Crippen molar-refractivity contribution >= 4 is 17.7 Å². The molecule has 0 radical (unpaired) electrons. The number of carbonyl (C=O) groups excluding carboxylic acids is 1. The average molecular weight is 409 g/mol. The average Bonchev–Trinajstić information content (AvgIpc) is 3.25. The number of rotatable bonds is 6. The van der Waals surface area contributed by atoms with Crippen LogP contribution in [0.25, 0.3) is 5.69 Å². The Hall–Kier alpha value is -2.80. The Bertz CT molecular complexity index is 1020. The molecule has 29 heavy (non-hydrogen) atoms. The molecule has 7 heteroatoms. The van der Waals surface area contributed by atoms with Gasteiger partial charge in [0.15, 0.2) is 5.16 Å². The molecular weight excluding hydrogens is 384 g/mol. The number of thioether (sulfide) groups is 1. The zero-order valence-corrected chi connectivity index (χ0v) is 17.5. The fraction of sp³-hybridized carbons (Fsp3) is 0.318. The number of hydrogen-bond acceptors (Lipinski definition) is 5. The number of carbonyl (C=O) groups is 1. The molecule has 4 rings (SSSR count). The summed E-state index contributed by atoms with van der Waals surface area (Å²) in [7, 11) is 1.66. The Morgan fingerprint density at radius 1 is 1.21 bits per heavy atom. The van der Waals surface area contributed by atoms with Gasteiger partial charge in [-0.25, -0.2) is 0 Å². The zero-order valence-electron chi connectivity index (χ0n) is 16.7. The predicted octanol–water partition coefficient (Wildman–Crippen LogP) is 3.52. The van der Waals surface area contributed by atoms with Crippen molar-refractivity contribution in [3.8, 4) is 11.4 Å². The number of benzene rings is 2. The number of nitrogens with zero attached hydrogens (tertiary/aromatic N) is 4. The number of hydrogen-bond donors (Lipinski definition) is 0. The Balaban J connectivity index is 1.44. The summed E-state index contributed by atoms with van der Waals surface area (Å²) in [5.74, 6) is 1.28. The molecule has 0 saturated heterocycles. The van der Waals surface area contributed by atoms with Gasteiger partial charge in [-0.05, 0) is 47.7 Å². The van der Waals surface area contributed by atoms with Crippen molar-refractivity contribution in [3.05, 3.63) is 65.5 Å². The van der Waals surface area contributed by atoms with Gasteiger partial charge in [-0.1, -0.05) is 43.0 Å². The van der Waals surface area contributed by atoms with Crippen LogP contribution in [0.5, 0.6) is 5.75 Å². The van der Waals surface area contributed by atoms with Gasteiger partial charge in [-0.15, -0.1) is 10.2 Å². The van der Waals surface area contributed by atoms with Gasteiger partial charge in [0.2, 0.25) is 5.91 Å². The van der Waals surface area contributed by atoms with Crippen molar-refractivity contribution in [2.24, 2.45) is 0 Å². The Labute approximate surface area is 174 Å². The molecule has 1 aliphatic rings. The van der Waals surface area contributed by atoms with Gasteiger partial charge in [0.1, 0.15) is 12.1 Å². The van der Waals surface area contributed by atoms with Crippen LogP contribution in [0.2, 0.25) is 0 Å². The summed E-state index contributed by atoms with van der Waals surface area (Å²) in [6, 6.07) is 14.3. The lowest BCUT2D eigenvalue weighted by atomic mass is 9.99. The lowest BCUT2D eigenvalue weighted by Gasteiger charge is -2.29. The lowest BCUT2D eigenvalue weighted by Crippen LogP contribution is -2.37. The molecule has 1 amide bonds. The van der Waals surface area contributed by atoms with Crippen molar-refractivity contribution < 1.29 is 9.53 Å². The second kappa shape index (κ2) is 8.69. The standard InChI is InChI=1S/C22H24N4O2S/c1-3-16-6-4-5-7-20(16)26-15-23-24-22(26)29-14-21(27)25-11-10-17-8-9-19(28-2)12-18(17)13-25/h4-9,12,15H,3,10-11,13-14H2,1-2H3. The van der Waals surface area contributed by atoms with Crippen LogP contribution >= 0.6 is 11.8 Å². The van der Waals surface area contributed by atoms with Gasteiger partial charge in [0.25, 0.3) is 0 Å². The van der Waals surface area contributed by atoms with E-state index in [4.69, 9.17) is 4.74 Å². The molecule has 1 aromatic heterocycles. The van der Waals surface area contributed by atoms with Gasteiger partial charge in [0.05, 0.1) is 18.6 Å². The maximum absolute atomic E-state index is 12.8. The number of ether oxygens (including phenoxy) is 1. The van der Waals surface area contributed by atoms with Gasteiger partial charge in [0, 0.05) is 13.1 Å². The molecule has 2 heterocycles. The SMILES string of the molecule is CCc1ccccc1-n1cnnc1SCC(=O)N1CCc2ccc(OC)cc2C1. The van der Waals surface area contributed by atoms with E-state index in [1.807, 2.05) is 33.7 Å². The quantitative estimate of drug-likeness (QED) is 0.584. The van der Waals surface area contributed by atoms with Crippen LogP contribution in [-0.2, 0) is 24.2 Å². The van der Waals surface area contributed by atoms with Crippen LogP contribution in [-0.4, -0.2) is 45.0 Å². The number of methoxy groups -OCH3 is 1. The molecular formula is C22H24N4O2S. The van der Waals surface area contributed by atoms with E-state index in [1.54, 1.807) is 13.4 Å². The number of para-hydroxylation sites is 1. The van der Waals surface area contributed by atoms with E-state index >= 15 is 0 Å². The lowest BCUT2D eigenvalue weighted by molar-refractivity contribution is -0.129. The molecule has 0 aliphatic carbocycles. The van der Waals surface area contributed by atoms with Crippen LogP contribution in [0.3, 0.4) is 0 Å². The van der Waals surface area contributed by atoms with Crippen LogP contribution in [0.15, 0.2) is 53.9 Å². The zero-order chi connectivity index (χ0) is 20.2. The summed E-state index contributed by atoms with van der Waals surface area (Å²) in [4.78, 5) is 14.8. The van der Waals surface area contributed by atoms with E-state index in [9.17, 15) is 4.79 Å². The summed E-state index contributed by atoms with van der Waals surface area (Å²) in [5, 5.41) is 9.03. The first-order chi connectivity index (χ1) is 14.2. The van der Waals surface area contributed by atoms with Gasteiger partial charge in [-0.2, -0.15) is 0 Å². The fourth-order valence-electron chi connectivity index (χ4n) is 3.62. The molecule has 6 nitrogen and oxygen atoms in total. The van der Waals surface area contributed by atoms with Crippen LogP contribution in [0.4, 0.5) is 0 Å².